The minimum Gasteiger partial charge on any atom is -0.330 e. The summed E-state index contributed by atoms with van der Waals surface area (Å²) in [5.41, 5.74) is 5.68. The molecule has 4 heteroatoms. The van der Waals surface area contributed by atoms with Gasteiger partial charge in [-0.15, -0.1) is 11.3 Å². The molecule has 0 spiro atoms. The monoisotopic (exact) mass is 239 g/mol. The molecule has 0 aromatic carbocycles. The van der Waals surface area contributed by atoms with Crippen molar-refractivity contribution in [1.82, 2.24) is 9.88 Å². The van der Waals surface area contributed by atoms with Crippen LogP contribution in [0.25, 0.3) is 0 Å². The van der Waals surface area contributed by atoms with E-state index in [0.29, 0.717) is 18.4 Å². The molecule has 3 nitrogen and oxygen atoms in total. The van der Waals surface area contributed by atoms with E-state index in [2.05, 4.69) is 23.7 Å². The zero-order chi connectivity index (χ0) is 11.5. The molecule has 90 valence electrons. The molecular weight excluding hydrogens is 218 g/mol. The van der Waals surface area contributed by atoms with Crippen molar-refractivity contribution in [3.8, 4) is 0 Å². The first-order chi connectivity index (χ1) is 7.74. The lowest BCUT2D eigenvalue weighted by atomic mass is 10.1. The molecule has 2 N–H and O–H groups in total. The van der Waals surface area contributed by atoms with Crippen LogP contribution in [0.2, 0.25) is 0 Å². The third-order valence-corrected chi connectivity index (χ3v) is 4.84. The molecule has 1 fully saturated rings. The maximum Gasteiger partial charge on any atom is 0.0971 e. The molecule has 2 heterocycles. The molecule has 1 aliphatic rings. The third-order valence-electron chi connectivity index (χ3n) is 3.45. The lowest BCUT2D eigenvalue weighted by Crippen LogP contribution is -2.19. The predicted molar refractivity (Wildman–Crippen MR) is 69.1 cm³/mol. The Hall–Kier alpha value is -0.450. The van der Waals surface area contributed by atoms with Gasteiger partial charge in [-0.25, -0.2) is 4.98 Å². The Kier molecular flexibility index (Phi) is 3.95. The molecule has 1 aromatic rings. The number of hydrogen-bond acceptors (Lipinski definition) is 4. The van der Waals surface area contributed by atoms with Gasteiger partial charge in [0.2, 0.25) is 0 Å². The van der Waals surface area contributed by atoms with Crippen LogP contribution in [0.4, 0.5) is 0 Å². The largest absolute Gasteiger partial charge is 0.330 e. The number of rotatable bonds is 4. The average molecular weight is 239 g/mol. The quantitative estimate of drug-likeness (QED) is 0.874. The Balaban J connectivity index is 2.02. The van der Waals surface area contributed by atoms with Gasteiger partial charge in [0.05, 0.1) is 5.01 Å². The van der Waals surface area contributed by atoms with Gasteiger partial charge in [-0.2, -0.15) is 0 Å². The summed E-state index contributed by atoms with van der Waals surface area (Å²) in [6.45, 7) is 8.68. The highest BCUT2D eigenvalue weighted by Gasteiger charge is 2.25. The van der Waals surface area contributed by atoms with Crippen molar-refractivity contribution >= 4 is 11.3 Å². The second kappa shape index (κ2) is 5.25. The summed E-state index contributed by atoms with van der Waals surface area (Å²) in [7, 11) is 0. The van der Waals surface area contributed by atoms with Crippen LogP contribution >= 0.6 is 11.3 Å². The van der Waals surface area contributed by atoms with Gasteiger partial charge in [-0.05, 0) is 26.1 Å². The van der Waals surface area contributed by atoms with E-state index in [1.807, 2.05) is 17.5 Å². The van der Waals surface area contributed by atoms with Gasteiger partial charge in [-0.3, -0.25) is 0 Å². The van der Waals surface area contributed by atoms with Crippen LogP contribution in [0.5, 0.6) is 0 Å². The van der Waals surface area contributed by atoms with Gasteiger partial charge >= 0.3 is 0 Å². The number of aromatic nitrogens is 1. The standard InChI is InChI=1S/C12H21N3S/c1-3-15-5-4-10(8-15)12-14-7-11(16-12)9(2)6-13/h7,9-10H,3-6,8,13H2,1-2H3. The van der Waals surface area contributed by atoms with Crippen molar-refractivity contribution in [2.75, 3.05) is 26.2 Å². The molecule has 16 heavy (non-hydrogen) atoms. The molecule has 0 radical (unpaired) electrons. The molecule has 2 atom stereocenters. The van der Waals surface area contributed by atoms with Crippen LogP contribution in [-0.4, -0.2) is 36.1 Å². The molecule has 0 bridgehead atoms. The Morgan fingerprint density at radius 2 is 2.50 bits per heavy atom. The van der Waals surface area contributed by atoms with E-state index in [0.717, 1.165) is 6.54 Å². The molecular formula is C12H21N3S. The van der Waals surface area contributed by atoms with Crippen LogP contribution in [0.3, 0.4) is 0 Å². The summed E-state index contributed by atoms with van der Waals surface area (Å²) < 4.78 is 0. The Morgan fingerprint density at radius 3 is 3.12 bits per heavy atom. The normalized spacial score (nSPS) is 23.8. The molecule has 1 saturated heterocycles. The van der Waals surface area contributed by atoms with Crippen molar-refractivity contribution in [2.45, 2.75) is 32.1 Å². The second-order valence-electron chi connectivity index (χ2n) is 4.62. The molecule has 0 amide bonds. The van der Waals surface area contributed by atoms with Crippen LogP contribution in [0, 0.1) is 0 Å². The molecule has 2 unspecified atom stereocenters. The zero-order valence-corrected chi connectivity index (χ0v) is 11.0. The summed E-state index contributed by atoms with van der Waals surface area (Å²) >= 11 is 1.86. The molecule has 0 saturated carbocycles. The molecule has 1 aromatic heterocycles. The highest BCUT2D eigenvalue weighted by Crippen LogP contribution is 2.32. The topological polar surface area (TPSA) is 42.2 Å². The van der Waals surface area contributed by atoms with Crippen LogP contribution in [-0.2, 0) is 0 Å². The van der Waals surface area contributed by atoms with Crippen molar-refractivity contribution in [3.63, 3.8) is 0 Å². The SMILES string of the molecule is CCN1CCC(c2ncc(C(C)CN)s2)C1. The summed E-state index contributed by atoms with van der Waals surface area (Å²) in [6, 6.07) is 0. The van der Waals surface area contributed by atoms with Gasteiger partial charge in [0.1, 0.15) is 0 Å². The summed E-state index contributed by atoms with van der Waals surface area (Å²) in [5.74, 6) is 1.11. The smallest absolute Gasteiger partial charge is 0.0971 e. The number of hydrogen-bond donors (Lipinski definition) is 1. The highest BCUT2D eigenvalue weighted by molar-refractivity contribution is 7.11. The fourth-order valence-electron chi connectivity index (χ4n) is 2.15. The van der Waals surface area contributed by atoms with E-state index in [9.17, 15) is 0 Å². The lowest BCUT2D eigenvalue weighted by molar-refractivity contribution is 0.354. The predicted octanol–water partition coefficient (Wildman–Crippen LogP) is 2.01. The van der Waals surface area contributed by atoms with Crippen molar-refractivity contribution < 1.29 is 0 Å². The van der Waals surface area contributed by atoms with Gasteiger partial charge in [0, 0.05) is 29.5 Å². The van der Waals surface area contributed by atoms with E-state index in [4.69, 9.17) is 5.73 Å². The zero-order valence-electron chi connectivity index (χ0n) is 10.1. The molecule has 2 rings (SSSR count). The number of nitrogens with two attached hydrogens (primary N) is 1. The lowest BCUT2D eigenvalue weighted by Gasteiger charge is -2.11. The van der Waals surface area contributed by atoms with Crippen molar-refractivity contribution in [2.24, 2.45) is 5.73 Å². The van der Waals surface area contributed by atoms with Gasteiger partial charge in [0.25, 0.3) is 0 Å². The minimum atomic E-state index is 0.454. The third kappa shape index (κ3) is 2.44. The first kappa shape index (κ1) is 12.0. The average Bonchev–Trinajstić information content (AvgIpc) is 2.95. The first-order valence-electron chi connectivity index (χ1n) is 6.12. The van der Waals surface area contributed by atoms with E-state index < -0.39 is 0 Å². The fourth-order valence-corrected chi connectivity index (χ4v) is 3.26. The second-order valence-corrected chi connectivity index (χ2v) is 5.71. The highest BCUT2D eigenvalue weighted by atomic mass is 32.1. The van der Waals surface area contributed by atoms with Gasteiger partial charge in [-0.1, -0.05) is 13.8 Å². The molecule has 1 aliphatic heterocycles. The van der Waals surface area contributed by atoms with E-state index in [1.54, 1.807) is 0 Å². The fraction of sp³-hybridized carbons (Fsp3) is 0.750. The van der Waals surface area contributed by atoms with E-state index in [1.165, 1.54) is 29.4 Å². The summed E-state index contributed by atoms with van der Waals surface area (Å²) in [6.07, 6.45) is 3.28. The number of likely N-dealkylation sites (tertiary alicyclic amines) is 1. The maximum atomic E-state index is 5.68. The summed E-state index contributed by atoms with van der Waals surface area (Å²) in [4.78, 5) is 8.41. The Morgan fingerprint density at radius 1 is 1.69 bits per heavy atom. The van der Waals surface area contributed by atoms with Gasteiger partial charge in [0.15, 0.2) is 0 Å². The van der Waals surface area contributed by atoms with E-state index >= 15 is 0 Å². The number of nitrogens with zero attached hydrogens (tertiary/aromatic N) is 2. The number of likely N-dealkylation sites (N-methyl/N-ethyl adjacent to an activating group) is 1. The van der Waals surface area contributed by atoms with E-state index in [-0.39, 0.29) is 0 Å². The molecule has 0 aliphatic carbocycles. The van der Waals surface area contributed by atoms with Crippen LogP contribution in [0.15, 0.2) is 6.20 Å². The Bertz CT molecular complexity index is 337. The van der Waals surface area contributed by atoms with Crippen LogP contribution in [0.1, 0.15) is 42.0 Å². The van der Waals surface area contributed by atoms with Crippen molar-refractivity contribution in [1.29, 1.82) is 0 Å². The van der Waals surface area contributed by atoms with Crippen molar-refractivity contribution in [3.05, 3.63) is 16.1 Å². The number of thiazole rings is 1. The first-order valence-corrected chi connectivity index (χ1v) is 6.94. The maximum absolute atomic E-state index is 5.68. The Labute approximate surface area is 102 Å². The summed E-state index contributed by atoms with van der Waals surface area (Å²) in [5, 5.41) is 1.31. The van der Waals surface area contributed by atoms with Gasteiger partial charge < -0.3 is 10.6 Å². The van der Waals surface area contributed by atoms with Crippen LogP contribution < -0.4 is 5.73 Å². The minimum absolute atomic E-state index is 0.454.